The SMILES string of the molecule is CCCCN(CC)C(=O)c1cnc2c(c(C)nn2-c2ccccc2)c1Cl. The van der Waals surface area contributed by atoms with Gasteiger partial charge in [0.05, 0.1) is 27.4 Å². The van der Waals surface area contributed by atoms with Gasteiger partial charge in [0.15, 0.2) is 5.65 Å². The zero-order chi connectivity index (χ0) is 18.7. The van der Waals surface area contributed by atoms with Crippen LogP contribution in [0.5, 0.6) is 0 Å². The smallest absolute Gasteiger partial charge is 0.256 e. The quantitative estimate of drug-likeness (QED) is 0.634. The van der Waals surface area contributed by atoms with Crippen LogP contribution in [0, 0.1) is 6.92 Å². The Morgan fingerprint density at radius 3 is 2.62 bits per heavy atom. The summed E-state index contributed by atoms with van der Waals surface area (Å²) in [4.78, 5) is 19.2. The number of halogens is 1. The van der Waals surface area contributed by atoms with Crippen LogP contribution in [0.4, 0.5) is 0 Å². The molecule has 0 unspecified atom stereocenters. The number of aromatic nitrogens is 3. The Morgan fingerprint density at radius 2 is 1.96 bits per heavy atom. The molecule has 1 amide bonds. The molecule has 0 bridgehead atoms. The monoisotopic (exact) mass is 370 g/mol. The molecule has 0 saturated heterocycles. The predicted molar refractivity (Wildman–Crippen MR) is 105 cm³/mol. The zero-order valence-electron chi connectivity index (χ0n) is 15.4. The van der Waals surface area contributed by atoms with Crippen LogP contribution >= 0.6 is 11.6 Å². The lowest BCUT2D eigenvalue weighted by molar-refractivity contribution is 0.0762. The molecule has 0 aliphatic carbocycles. The van der Waals surface area contributed by atoms with Gasteiger partial charge in [-0.15, -0.1) is 0 Å². The number of para-hydroxylation sites is 1. The second kappa shape index (κ2) is 7.87. The summed E-state index contributed by atoms with van der Waals surface area (Å²) in [6.45, 7) is 7.35. The van der Waals surface area contributed by atoms with Gasteiger partial charge in [-0.3, -0.25) is 4.79 Å². The number of pyridine rings is 1. The standard InChI is InChI=1S/C20H23ClN4O/c1-4-6-12-24(5-2)20(26)16-13-22-19-17(18(16)21)14(3)23-25(19)15-10-8-7-9-11-15/h7-11,13H,4-6,12H2,1-3H3. The third kappa shape index (κ3) is 3.31. The van der Waals surface area contributed by atoms with Crippen molar-refractivity contribution in [3.05, 3.63) is 52.8 Å². The molecule has 0 fully saturated rings. The van der Waals surface area contributed by atoms with Crippen molar-refractivity contribution in [1.29, 1.82) is 0 Å². The summed E-state index contributed by atoms with van der Waals surface area (Å²) in [5, 5.41) is 5.74. The van der Waals surface area contributed by atoms with Crippen LogP contribution in [0.25, 0.3) is 16.7 Å². The first-order valence-corrected chi connectivity index (χ1v) is 9.34. The third-order valence-corrected chi connectivity index (χ3v) is 4.88. The van der Waals surface area contributed by atoms with Crippen molar-refractivity contribution in [2.75, 3.05) is 13.1 Å². The number of benzene rings is 1. The summed E-state index contributed by atoms with van der Waals surface area (Å²) in [5.74, 6) is -0.0767. The molecule has 0 saturated carbocycles. The fourth-order valence-corrected chi connectivity index (χ4v) is 3.38. The number of amides is 1. The van der Waals surface area contributed by atoms with E-state index in [1.54, 1.807) is 10.9 Å². The summed E-state index contributed by atoms with van der Waals surface area (Å²) in [7, 11) is 0. The molecule has 5 nitrogen and oxygen atoms in total. The Balaban J connectivity index is 2.07. The van der Waals surface area contributed by atoms with Gasteiger partial charge in [-0.2, -0.15) is 5.10 Å². The Hall–Kier alpha value is -2.40. The Labute approximate surface area is 158 Å². The number of unbranched alkanes of at least 4 members (excludes halogenated alkanes) is 1. The highest BCUT2D eigenvalue weighted by Gasteiger charge is 2.22. The zero-order valence-corrected chi connectivity index (χ0v) is 16.1. The number of carbonyl (C=O) groups excluding carboxylic acids is 1. The van der Waals surface area contributed by atoms with Crippen molar-refractivity contribution in [1.82, 2.24) is 19.7 Å². The maximum atomic E-state index is 12.9. The average Bonchev–Trinajstić information content (AvgIpc) is 3.00. The van der Waals surface area contributed by atoms with E-state index < -0.39 is 0 Å². The molecule has 3 aromatic rings. The molecule has 2 aromatic heterocycles. The molecule has 0 aliphatic rings. The summed E-state index contributed by atoms with van der Waals surface area (Å²) >= 11 is 6.64. The highest BCUT2D eigenvalue weighted by molar-refractivity contribution is 6.38. The Kier molecular flexibility index (Phi) is 5.57. The minimum Gasteiger partial charge on any atom is -0.339 e. The molecule has 0 N–H and O–H groups in total. The van der Waals surface area contributed by atoms with E-state index in [4.69, 9.17) is 11.6 Å². The van der Waals surface area contributed by atoms with Gasteiger partial charge in [-0.25, -0.2) is 9.67 Å². The van der Waals surface area contributed by atoms with Crippen LogP contribution in [0.1, 0.15) is 42.7 Å². The van der Waals surface area contributed by atoms with Crippen LogP contribution in [-0.2, 0) is 0 Å². The largest absolute Gasteiger partial charge is 0.339 e. The minimum atomic E-state index is -0.0767. The summed E-state index contributed by atoms with van der Waals surface area (Å²) in [5.41, 5.74) is 2.76. The first kappa shape index (κ1) is 18.4. The molecule has 3 rings (SSSR count). The van der Waals surface area contributed by atoms with Crippen LogP contribution in [0.15, 0.2) is 36.5 Å². The van der Waals surface area contributed by atoms with Gasteiger partial charge in [0.2, 0.25) is 0 Å². The molecule has 0 atom stereocenters. The lowest BCUT2D eigenvalue weighted by Crippen LogP contribution is -2.32. The average molecular weight is 371 g/mol. The summed E-state index contributed by atoms with van der Waals surface area (Å²) in [6, 6.07) is 9.78. The van der Waals surface area contributed by atoms with Gasteiger partial charge in [-0.05, 0) is 32.4 Å². The number of hydrogen-bond acceptors (Lipinski definition) is 3. The van der Waals surface area contributed by atoms with Gasteiger partial charge < -0.3 is 4.90 Å². The molecule has 26 heavy (non-hydrogen) atoms. The predicted octanol–water partition coefficient (Wildman–Crippen LogP) is 4.64. The Morgan fingerprint density at radius 1 is 1.23 bits per heavy atom. The molecule has 0 spiro atoms. The molecule has 1 aromatic carbocycles. The highest BCUT2D eigenvalue weighted by atomic mass is 35.5. The van der Waals surface area contributed by atoms with Crippen molar-refractivity contribution in [3.8, 4) is 5.69 Å². The van der Waals surface area contributed by atoms with Gasteiger partial charge in [0, 0.05) is 19.3 Å². The van der Waals surface area contributed by atoms with Gasteiger partial charge in [0.25, 0.3) is 5.91 Å². The van der Waals surface area contributed by atoms with E-state index in [0.29, 0.717) is 22.8 Å². The maximum absolute atomic E-state index is 12.9. The van der Waals surface area contributed by atoms with E-state index in [9.17, 15) is 4.79 Å². The van der Waals surface area contributed by atoms with E-state index in [-0.39, 0.29) is 5.91 Å². The minimum absolute atomic E-state index is 0.0767. The van der Waals surface area contributed by atoms with E-state index in [1.807, 2.05) is 49.1 Å². The van der Waals surface area contributed by atoms with E-state index >= 15 is 0 Å². The molecule has 136 valence electrons. The third-order valence-electron chi connectivity index (χ3n) is 4.49. The lowest BCUT2D eigenvalue weighted by Gasteiger charge is -2.21. The number of aryl methyl sites for hydroxylation is 1. The van der Waals surface area contributed by atoms with Crippen molar-refractivity contribution in [3.63, 3.8) is 0 Å². The molecule has 6 heteroatoms. The molecule has 0 aliphatic heterocycles. The molecular formula is C20H23ClN4O. The van der Waals surface area contributed by atoms with Crippen molar-refractivity contribution in [2.24, 2.45) is 0 Å². The number of nitrogens with zero attached hydrogens (tertiary/aromatic N) is 4. The normalized spacial score (nSPS) is 11.1. The second-order valence-corrected chi connectivity index (χ2v) is 6.63. The number of carbonyl (C=O) groups is 1. The van der Waals surface area contributed by atoms with Gasteiger partial charge in [-0.1, -0.05) is 43.1 Å². The topological polar surface area (TPSA) is 51.0 Å². The summed E-state index contributed by atoms with van der Waals surface area (Å²) in [6.07, 6.45) is 3.58. The number of hydrogen-bond donors (Lipinski definition) is 0. The highest BCUT2D eigenvalue weighted by Crippen LogP contribution is 2.30. The van der Waals surface area contributed by atoms with Crippen LogP contribution in [0.3, 0.4) is 0 Å². The fourth-order valence-electron chi connectivity index (χ4n) is 3.03. The molecular weight excluding hydrogens is 348 g/mol. The fraction of sp³-hybridized carbons (Fsp3) is 0.350. The van der Waals surface area contributed by atoms with E-state index in [1.165, 1.54) is 0 Å². The van der Waals surface area contributed by atoms with Crippen LogP contribution in [0.2, 0.25) is 5.02 Å². The van der Waals surface area contributed by atoms with Crippen molar-refractivity contribution in [2.45, 2.75) is 33.6 Å². The van der Waals surface area contributed by atoms with Crippen LogP contribution in [-0.4, -0.2) is 38.7 Å². The first-order valence-electron chi connectivity index (χ1n) is 8.97. The molecule has 0 radical (unpaired) electrons. The Bertz CT molecular complexity index is 920. The molecule has 2 heterocycles. The maximum Gasteiger partial charge on any atom is 0.256 e. The number of fused-ring (bicyclic) bond motifs is 1. The number of rotatable bonds is 6. The lowest BCUT2D eigenvalue weighted by atomic mass is 10.1. The van der Waals surface area contributed by atoms with Gasteiger partial charge in [0.1, 0.15) is 0 Å². The van der Waals surface area contributed by atoms with Crippen molar-refractivity contribution < 1.29 is 4.79 Å². The van der Waals surface area contributed by atoms with Crippen LogP contribution < -0.4 is 0 Å². The second-order valence-electron chi connectivity index (χ2n) is 6.26. The van der Waals surface area contributed by atoms with Gasteiger partial charge >= 0.3 is 0 Å². The van der Waals surface area contributed by atoms with Crippen molar-refractivity contribution >= 4 is 28.5 Å². The van der Waals surface area contributed by atoms with E-state index in [2.05, 4.69) is 17.0 Å². The first-order chi connectivity index (χ1) is 12.6. The van der Waals surface area contributed by atoms with E-state index in [0.717, 1.165) is 36.2 Å². The summed E-state index contributed by atoms with van der Waals surface area (Å²) < 4.78 is 1.76.